The largest absolute Gasteiger partial charge is 0.462 e. The number of ether oxygens (including phenoxy) is 3. The first kappa shape index (κ1) is 31.5. The van der Waals surface area contributed by atoms with Crippen molar-refractivity contribution in [2.24, 2.45) is 5.92 Å². The third kappa shape index (κ3) is 14.1. The highest BCUT2D eigenvalue weighted by atomic mass is 32.2. The number of benzene rings is 1. The van der Waals surface area contributed by atoms with Crippen molar-refractivity contribution in [3.63, 3.8) is 0 Å². The van der Waals surface area contributed by atoms with Crippen molar-refractivity contribution in [3.8, 4) is 0 Å². The predicted octanol–water partition coefficient (Wildman–Crippen LogP) is 4.09. The molecule has 8 nitrogen and oxygen atoms in total. The maximum atomic E-state index is 13.4. The zero-order chi connectivity index (χ0) is 27.1. The highest BCUT2D eigenvalue weighted by molar-refractivity contribution is 7.99. The van der Waals surface area contributed by atoms with Gasteiger partial charge >= 0.3 is 17.9 Å². The summed E-state index contributed by atoms with van der Waals surface area (Å²) in [6.07, 6.45) is 2.03. The van der Waals surface area contributed by atoms with Crippen molar-refractivity contribution >= 4 is 35.6 Å². The zero-order valence-electron chi connectivity index (χ0n) is 22.3. The van der Waals surface area contributed by atoms with Crippen LogP contribution in [-0.2, 0) is 39.8 Å². The average Bonchev–Trinajstić information content (AvgIpc) is 2.78. The van der Waals surface area contributed by atoms with Gasteiger partial charge in [0.25, 0.3) is 0 Å². The first-order valence-electron chi connectivity index (χ1n) is 12.4. The lowest BCUT2D eigenvalue weighted by molar-refractivity contribution is -0.159. The molecule has 0 bridgehead atoms. The minimum absolute atomic E-state index is 0.0464. The molecule has 0 aromatic heterocycles. The highest BCUT2D eigenvalue weighted by Crippen LogP contribution is 2.19. The maximum Gasteiger partial charge on any atom is 0.329 e. The number of carbonyl (C=O) groups excluding carboxylic acids is 4. The Kier molecular flexibility index (Phi) is 14.2. The Hall–Kier alpha value is -2.55. The quantitative estimate of drug-likeness (QED) is 0.271. The summed E-state index contributed by atoms with van der Waals surface area (Å²) < 4.78 is 15.8. The monoisotopic (exact) mass is 523 g/mol. The van der Waals surface area contributed by atoms with Crippen LogP contribution in [0.1, 0.15) is 66.4 Å². The van der Waals surface area contributed by atoms with Crippen LogP contribution < -0.4 is 5.32 Å². The Morgan fingerprint density at radius 1 is 1.00 bits per heavy atom. The molecule has 1 aromatic carbocycles. The number of rotatable bonds is 15. The Balaban J connectivity index is 2.94. The summed E-state index contributed by atoms with van der Waals surface area (Å²) >= 11 is 1.43. The fourth-order valence-electron chi connectivity index (χ4n) is 3.35. The van der Waals surface area contributed by atoms with Gasteiger partial charge in [0.05, 0.1) is 5.92 Å². The van der Waals surface area contributed by atoms with Gasteiger partial charge in [0.15, 0.2) is 0 Å². The van der Waals surface area contributed by atoms with Gasteiger partial charge in [-0.3, -0.25) is 14.4 Å². The van der Waals surface area contributed by atoms with Crippen molar-refractivity contribution in [3.05, 3.63) is 35.9 Å². The van der Waals surface area contributed by atoms with Gasteiger partial charge in [0, 0.05) is 25.4 Å². The third-order valence-electron chi connectivity index (χ3n) is 4.98. The van der Waals surface area contributed by atoms with Crippen LogP contribution >= 0.6 is 11.8 Å². The van der Waals surface area contributed by atoms with Crippen molar-refractivity contribution in [2.75, 3.05) is 18.1 Å². The van der Waals surface area contributed by atoms with Crippen molar-refractivity contribution in [1.29, 1.82) is 0 Å². The second kappa shape index (κ2) is 16.2. The topological polar surface area (TPSA) is 108 Å². The van der Waals surface area contributed by atoms with Crippen LogP contribution in [0, 0.1) is 5.92 Å². The molecule has 0 fully saturated rings. The molecule has 0 radical (unpaired) electrons. The minimum atomic E-state index is -0.724. The summed E-state index contributed by atoms with van der Waals surface area (Å²) in [7, 11) is 0. The van der Waals surface area contributed by atoms with Crippen LogP contribution in [0.3, 0.4) is 0 Å². The smallest absolute Gasteiger partial charge is 0.329 e. The lowest BCUT2D eigenvalue weighted by Gasteiger charge is -2.26. The van der Waals surface area contributed by atoms with Crippen LogP contribution in [0.4, 0.5) is 0 Å². The van der Waals surface area contributed by atoms with Crippen molar-refractivity contribution in [1.82, 2.24) is 5.32 Å². The van der Waals surface area contributed by atoms with E-state index in [1.165, 1.54) is 25.6 Å². The first-order chi connectivity index (χ1) is 16.9. The Bertz CT molecular complexity index is 838. The van der Waals surface area contributed by atoms with Crippen LogP contribution in [0.15, 0.2) is 30.3 Å². The molecule has 0 heterocycles. The van der Waals surface area contributed by atoms with E-state index >= 15 is 0 Å². The molecule has 1 N–H and O–H groups in total. The summed E-state index contributed by atoms with van der Waals surface area (Å²) in [5.74, 6) is -1.25. The second-order valence-electron chi connectivity index (χ2n) is 9.70. The van der Waals surface area contributed by atoms with E-state index < -0.39 is 41.6 Å². The molecule has 36 heavy (non-hydrogen) atoms. The maximum absolute atomic E-state index is 13.4. The Morgan fingerprint density at radius 3 is 2.22 bits per heavy atom. The van der Waals surface area contributed by atoms with Gasteiger partial charge in [-0.25, -0.2) is 4.79 Å². The number of hydrogen-bond acceptors (Lipinski definition) is 8. The number of carbonyl (C=O) groups is 4. The standard InChI is InChI=1S/C27H41NO7S/c1-7-8-14-24(26(32)35-27(4,5)6)28-25(31)22(15-21-12-10-9-11-13-21)17-36-18-23(34-20(3)30)16-33-19(2)29/h9-13,22-24H,7-8,14-18H2,1-6H3,(H,28,31)/t22-,23+,24+/m1/s1. The molecule has 0 saturated heterocycles. The van der Waals surface area contributed by atoms with E-state index in [-0.39, 0.29) is 12.5 Å². The van der Waals surface area contributed by atoms with Gasteiger partial charge in [0.1, 0.15) is 24.4 Å². The fourth-order valence-corrected chi connectivity index (χ4v) is 4.47. The number of nitrogens with one attached hydrogen (secondary N) is 1. The number of amides is 1. The van der Waals surface area contributed by atoms with E-state index in [0.29, 0.717) is 24.3 Å². The molecule has 3 atom stereocenters. The lowest BCUT2D eigenvalue weighted by atomic mass is 9.99. The minimum Gasteiger partial charge on any atom is -0.462 e. The number of hydrogen-bond donors (Lipinski definition) is 1. The fraction of sp³-hybridized carbons (Fsp3) is 0.630. The summed E-state index contributed by atoms with van der Waals surface area (Å²) in [4.78, 5) is 48.8. The van der Waals surface area contributed by atoms with Crippen molar-refractivity contribution in [2.45, 2.75) is 85.0 Å². The van der Waals surface area contributed by atoms with E-state index in [0.717, 1.165) is 18.4 Å². The SMILES string of the molecule is CCCC[C@H](NC(=O)[C@@H](CSC[C@H](COC(C)=O)OC(C)=O)Cc1ccccc1)C(=O)OC(C)(C)C. The van der Waals surface area contributed by atoms with E-state index in [2.05, 4.69) is 5.32 Å². The molecule has 0 spiro atoms. The number of esters is 3. The summed E-state index contributed by atoms with van der Waals surface area (Å²) in [5, 5.41) is 2.92. The molecule has 0 aliphatic heterocycles. The molecule has 0 aliphatic rings. The van der Waals surface area contributed by atoms with Crippen LogP contribution in [-0.4, -0.2) is 59.7 Å². The molecule has 1 amide bonds. The van der Waals surface area contributed by atoms with Gasteiger partial charge < -0.3 is 19.5 Å². The van der Waals surface area contributed by atoms with E-state index in [1.54, 1.807) is 20.8 Å². The zero-order valence-corrected chi connectivity index (χ0v) is 23.2. The van der Waals surface area contributed by atoms with Gasteiger partial charge in [-0.15, -0.1) is 0 Å². The molecule has 1 aromatic rings. The summed E-state index contributed by atoms with van der Waals surface area (Å²) in [6.45, 7) is 9.96. The molecule has 202 valence electrons. The lowest BCUT2D eigenvalue weighted by Crippen LogP contribution is -2.47. The Labute approximate surface area is 219 Å². The normalized spacial score (nSPS) is 13.7. The molecular formula is C27H41NO7S. The predicted molar refractivity (Wildman–Crippen MR) is 140 cm³/mol. The molecule has 1 rings (SSSR count). The summed E-state index contributed by atoms with van der Waals surface area (Å²) in [5.41, 5.74) is 0.344. The van der Waals surface area contributed by atoms with E-state index in [4.69, 9.17) is 14.2 Å². The van der Waals surface area contributed by atoms with Gasteiger partial charge in [-0.05, 0) is 39.2 Å². The van der Waals surface area contributed by atoms with Crippen LogP contribution in [0.2, 0.25) is 0 Å². The van der Waals surface area contributed by atoms with Gasteiger partial charge in [0.2, 0.25) is 5.91 Å². The third-order valence-corrected chi connectivity index (χ3v) is 6.22. The molecule has 0 aliphatic carbocycles. The van der Waals surface area contributed by atoms with Gasteiger partial charge in [-0.2, -0.15) is 11.8 Å². The van der Waals surface area contributed by atoms with Crippen molar-refractivity contribution < 1.29 is 33.4 Å². The molecule has 9 heteroatoms. The summed E-state index contributed by atoms with van der Waals surface area (Å²) in [6, 6.07) is 8.93. The van der Waals surface area contributed by atoms with Crippen LogP contribution in [0.25, 0.3) is 0 Å². The number of unbranched alkanes of at least 4 members (excludes halogenated alkanes) is 1. The highest BCUT2D eigenvalue weighted by Gasteiger charge is 2.29. The van der Waals surface area contributed by atoms with E-state index in [9.17, 15) is 19.2 Å². The molecule has 0 saturated carbocycles. The van der Waals surface area contributed by atoms with Crippen LogP contribution in [0.5, 0.6) is 0 Å². The van der Waals surface area contributed by atoms with Gasteiger partial charge in [-0.1, -0.05) is 50.1 Å². The molecular weight excluding hydrogens is 482 g/mol. The van der Waals surface area contributed by atoms with E-state index in [1.807, 2.05) is 37.3 Å². The number of thioether (sulfide) groups is 1. The average molecular weight is 524 g/mol. The molecule has 0 unspecified atom stereocenters. The second-order valence-corrected chi connectivity index (χ2v) is 10.8. The Morgan fingerprint density at radius 2 is 1.67 bits per heavy atom. The first-order valence-corrected chi connectivity index (χ1v) is 13.5.